The molecule has 30 heavy (non-hydrogen) atoms. The van der Waals surface area contributed by atoms with Crippen LogP contribution in [0, 0.1) is 0 Å². The molecular weight excluding hydrogens is 370 g/mol. The number of carboxylic acid groups (broad SMARTS) is 1. The fourth-order valence-electron chi connectivity index (χ4n) is 3.01. The van der Waals surface area contributed by atoms with E-state index in [1.807, 2.05) is 12.1 Å². The number of nitrogens with zero attached hydrogens (tertiary/aromatic N) is 1. The van der Waals surface area contributed by atoms with E-state index in [0.29, 0.717) is 5.56 Å². The van der Waals surface area contributed by atoms with Crippen LogP contribution in [0.4, 0.5) is 5.69 Å². The van der Waals surface area contributed by atoms with Crippen molar-refractivity contribution in [1.29, 1.82) is 0 Å². The lowest BCUT2D eigenvalue weighted by molar-refractivity contribution is 0.0697. The van der Waals surface area contributed by atoms with Crippen LogP contribution >= 0.6 is 0 Å². The Balaban J connectivity index is 2.89. The number of benzene rings is 1. The summed E-state index contributed by atoms with van der Waals surface area (Å²) in [6.07, 6.45) is 13.4. The quantitative estimate of drug-likeness (QED) is 0.362. The molecule has 3 heteroatoms. The molecule has 0 aromatic heterocycles. The van der Waals surface area contributed by atoms with Crippen LogP contribution < -0.4 is 4.90 Å². The van der Waals surface area contributed by atoms with Crippen LogP contribution in [0.15, 0.2) is 70.9 Å². The lowest BCUT2D eigenvalue weighted by atomic mass is 10.1. The molecule has 0 saturated carbocycles. The Bertz CT molecular complexity index is 747. The van der Waals surface area contributed by atoms with E-state index >= 15 is 0 Å². The van der Waals surface area contributed by atoms with Gasteiger partial charge in [-0.15, -0.1) is 0 Å². The van der Waals surface area contributed by atoms with Gasteiger partial charge in [0.05, 0.1) is 5.56 Å². The number of anilines is 1. The molecule has 0 spiro atoms. The molecule has 0 amide bonds. The van der Waals surface area contributed by atoms with Crippen molar-refractivity contribution < 1.29 is 9.90 Å². The average Bonchev–Trinajstić information content (AvgIpc) is 2.67. The van der Waals surface area contributed by atoms with E-state index in [-0.39, 0.29) is 0 Å². The summed E-state index contributed by atoms with van der Waals surface area (Å²) < 4.78 is 0. The normalized spacial score (nSPS) is 11.8. The second kappa shape index (κ2) is 13.6. The van der Waals surface area contributed by atoms with Crippen molar-refractivity contribution in [2.45, 2.75) is 67.2 Å². The Morgan fingerprint density at radius 1 is 0.767 bits per heavy atom. The number of hydrogen-bond donors (Lipinski definition) is 1. The van der Waals surface area contributed by atoms with Gasteiger partial charge in [0, 0.05) is 18.8 Å². The monoisotopic (exact) mass is 409 g/mol. The minimum Gasteiger partial charge on any atom is -0.478 e. The van der Waals surface area contributed by atoms with Gasteiger partial charge in [-0.3, -0.25) is 0 Å². The number of aromatic carboxylic acids is 1. The summed E-state index contributed by atoms with van der Waals surface area (Å²) >= 11 is 0. The molecule has 1 N–H and O–H groups in total. The Hall–Kier alpha value is -2.55. The summed E-state index contributed by atoms with van der Waals surface area (Å²) in [6.45, 7) is 14.5. The average molecular weight is 410 g/mol. The molecule has 0 aliphatic heterocycles. The maximum atomic E-state index is 11.2. The predicted octanol–water partition coefficient (Wildman–Crippen LogP) is 7.58. The van der Waals surface area contributed by atoms with E-state index in [9.17, 15) is 4.79 Å². The molecule has 0 atom stereocenters. The van der Waals surface area contributed by atoms with Gasteiger partial charge in [-0.25, -0.2) is 4.79 Å². The molecule has 0 saturated heterocycles. The van der Waals surface area contributed by atoms with Crippen molar-refractivity contribution in [3.05, 3.63) is 76.4 Å². The van der Waals surface area contributed by atoms with Crippen LogP contribution in [0.2, 0.25) is 0 Å². The third kappa shape index (κ3) is 10.8. The van der Waals surface area contributed by atoms with Crippen molar-refractivity contribution in [2.24, 2.45) is 0 Å². The van der Waals surface area contributed by atoms with Gasteiger partial charge in [0.15, 0.2) is 0 Å². The van der Waals surface area contributed by atoms with Gasteiger partial charge in [0.2, 0.25) is 0 Å². The molecule has 1 rings (SSSR count). The van der Waals surface area contributed by atoms with Crippen LogP contribution in [-0.4, -0.2) is 24.2 Å². The highest BCUT2D eigenvalue weighted by molar-refractivity contribution is 5.88. The SMILES string of the molecule is CC(C)=CCC/C(C)=C/CN(C/C=C(\C)CCC=C(C)C)c1ccc(C(=O)O)cc1. The molecule has 0 bridgehead atoms. The van der Waals surface area contributed by atoms with Crippen LogP contribution in [0.5, 0.6) is 0 Å². The third-order valence-corrected chi connectivity index (χ3v) is 4.98. The van der Waals surface area contributed by atoms with Crippen molar-refractivity contribution >= 4 is 11.7 Å². The third-order valence-electron chi connectivity index (χ3n) is 4.98. The molecule has 0 aliphatic carbocycles. The summed E-state index contributed by atoms with van der Waals surface area (Å²) in [6, 6.07) is 7.17. The van der Waals surface area contributed by atoms with Crippen molar-refractivity contribution in [2.75, 3.05) is 18.0 Å². The van der Waals surface area contributed by atoms with Gasteiger partial charge < -0.3 is 10.0 Å². The standard InChI is InChI=1S/C27H39NO2/c1-21(2)9-7-11-23(5)17-19-28(20-18-24(6)12-8-10-22(3)4)26-15-13-25(14-16-26)27(29)30/h9-10,13-18H,7-8,11-12,19-20H2,1-6H3,(H,29,30)/b23-17+,24-18+. The smallest absolute Gasteiger partial charge is 0.335 e. The zero-order valence-corrected chi connectivity index (χ0v) is 19.7. The van der Waals surface area contributed by atoms with E-state index in [0.717, 1.165) is 44.5 Å². The first-order chi connectivity index (χ1) is 14.2. The molecule has 0 fully saturated rings. The topological polar surface area (TPSA) is 40.5 Å². The van der Waals surface area contributed by atoms with E-state index in [2.05, 4.69) is 70.7 Å². The predicted molar refractivity (Wildman–Crippen MR) is 130 cm³/mol. The van der Waals surface area contributed by atoms with Gasteiger partial charge in [-0.05, 0) is 91.5 Å². The number of carboxylic acids is 1. The highest BCUT2D eigenvalue weighted by atomic mass is 16.4. The molecular formula is C27H39NO2. The number of allylic oxidation sites excluding steroid dienone is 6. The highest BCUT2D eigenvalue weighted by Gasteiger charge is 2.07. The van der Waals surface area contributed by atoms with Gasteiger partial charge in [0.1, 0.15) is 0 Å². The first-order valence-corrected chi connectivity index (χ1v) is 10.8. The molecule has 1 aromatic rings. The Morgan fingerprint density at radius 2 is 1.20 bits per heavy atom. The van der Waals surface area contributed by atoms with Crippen LogP contribution in [-0.2, 0) is 0 Å². The van der Waals surface area contributed by atoms with E-state index in [1.54, 1.807) is 12.1 Å². The minimum atomic E-state index is -0.891. The molecule has 0 aliphatic rings. The fourth-order valence-corrected chi connectivity index (χ4v) is 3.01. The lowest BCUT2D eigenvalue weighted by Crippen LogP contribution is -2.24. The Kier molecular flexibility index (Phi) is 11.6. The number of carbonyl (C=O) groups is 1. The van der Waals surface area contributed by atoms with Crippen molar-refractivity contribution in [1.82, 2.24) is 0 Å². The summed E-state index contributed by atoms with van der Waals surface area (Å²) in [7, 11) is 0. The maximum absolute atomic E-state index is 11.2. The van der Waals surface area contributed by atoms with E-state index < -0.39 is 5.97 Å². The molecule has 0 unspecified atom stereocenters. The summed E-state index contributed by atoms with van der Waals surface area (Å²) in [5.74, 6) is -0.891. The zero-order chi connectivity index (χ0) is 22.5. The molecule has 1 aromatic carbocycles. The van der Waals surface area contributed by atoms with Gasteiger partial charge in [-0.1, -0.05) is 46.6 Å². The maximum Gasteiger partial charge on any atom is 0.335 e. The van der Waals surface area contributed by atoms with Crippen LogP contribution in [0.1, 0.15) is 77.6 Å². The van der Waals surface area contributed by atoms with Crippen molar-refractivity contribution in [3.63, 3.8) is 0 Å². The minimum absolute atomic E-state index is 0.320. The molecule has 164 valence electrons. The van der Waals surface area contributed by atoms with Gasteiger partial charge in [0.25, 0.3) is 0 Å². The van der Waals surface area contributed by atoms with Crippen LogP contribution in [0.25, 0.3) is 0 Å². The molecule has 3 nitrogen and oxygen atoms in total. The summed E-state index contributed by atoms with van der Waals surface area (Å²) in [4.78, 5) is 13.5. The van der Waals surface area contributed by atoms with Crippen molar-refractivity contribution in [3.8, 4) is 0 Å². The fraction of sp³-hybridized carbons (Fsp3) is 0.444. The first kappa shape index (κ1) is 25.5. The second-order valence-corrected chi connectivity index (χ2v) is 8.50. The summed E-state index contributed by atoms with van der Waals surface area (Å²) in [5, 5.41) is 9.17. The van der Waals surface area contributed by atoms with Gasteiger partial charge >= 0.3 is 5.97 Å². The van der Waals surface area contributed by atoms with E-state index in [4.69, 9.17) is 5.11 Å². The summed E-state index contributed by atoms with van der Waals surface area (Å²) in [5.41, 5.74) is 6.84. The molecule has 0 heterocycles. The number of rotatable bonds is 12. The van der Waals surface area contributed by atoms with Crippen LogP contribution in [0.3, 0.4) is 0 Å². The zero-order valence-electron chi connectivity index (χ0n) is 19.7. The lowest BCUT2D eigenvalue weighted by Gasteiger charge is -2.23. The number of hydrogen-bond acceptors (Lipinski definition) is 2. The molecule has 0 radical (unpaired) electrons. The second-order valence-electron chi connectivity index (χ2n) is 8.50. The Labute approximate surface area is 183 Å². The van der Waals surface area contributed by atoms with Gasteiger partial charge in [-0.2, -0.15) is 0 Å². The largest absolute Gasteiger partial charge is 0.478 e. The Morgan fingerprint density at radius 3 is 1.57 bits per heavy atom. The first-order valence-electron chi connectivity index (χ1n) is 10.8. The van der Waals surface area contributed by atoms with E-state index in [1.165, 1.54) is 22.3 Å². The highest BCUT2D eigenvalue weighted by Crippen LogP contribution is 2.18.